The minimum Gasteiger partial charge on any atom is -0.445 e. The largest absolute Gasteiger partial charge is 0.573 e. The lowest BCUT2D eigenvalue weighted by molar-refractivity contribution is -0.274. The zero-order valence-corrected chi connectivity index (χ0v) is 10.6. The van der Waals surface area contributed by atoms with Gasteiger partial charge in [-0.25, -0.2) is 4.79 Å². The minimum absolute atomic E-state index is 0.145. The molecule has 1 aromatic rings. The monoisotopic (exact) mass is 297 g/mol. The first-order valence-electron chi connectivity index (χ1n) is 5.19. The molecule has 0 spiro atoms. The summed E-state index contributed by atoms with van der Waals surface area (Å²) in [7, 11) is 0. The van der Waals surface area contributed by atoms with Gasteiger partial charge < -0.3 is 9.47 Å². The molecule has 8 heteroatoms. The number of rotatable bonds is 4. The Morgan fingerprint density at radius 1 is 1.37 bits per heavy atom. The van der Waals surface area contributed by atoms with E-state index in [0.717, 1.165) is 12.1 Å². The molecule has 0 heterocycles. The van der Waals surface area contributed by atoms with Crippen molar-refractivity contribution in [1.29, 1.82) is 0 Å². The van der Waals surface area contributed by atoms with Crippen LogP contribution in [0, 0.1) is 0 Å². The number of halogens is 4. The third-order valence-electron chi connectivity index (χ3n) is 1.86. The smallest absolute Gasteiger partial charge is 0.445 e. The molecule has 0 aliphatic rings. The first kappa shape index (κ1) is 15.4. The van der Waals surface area contributed by atoms with Crippen LogP contribution in [0.4, 0.5) is 23.7 Å². The average Bonchev–Trinajstić information content (AvgIpc) is 2.29. The lowest BCUT2D eigenvalue weighted by Gasteiger charge is -2.12. The second-order valence-electron chi connectivity index (χ2n) is 3.57. The van der Waals surface area contributed by atoms with Gasteiger partial charge in [-0.05, 0) is 31.2 Å². The van der Waals surface area contributed by atoms with Crippen LogP contribution in [0.15, 0.2) is 24.3 Å². The van der Waals surface area contributed by atoms with Crippen LogP contribution in [-0.4, -0.2) is 24.4 Å². The van der Waals surface area contributed by atoms with Gasteiger partial charge in [-0.15, -0.1) is 24.8 Å². The summed E-state index contributed by atoms with van der Waals surface area (Å²) in [5.74, 6) is -0.230. The van der Waals surface area contributed by atoms with Crippen LogP contribution < -0.4 is 10.1 Å². The summed E-state index contributed by atoms with van der Waals surface area (Å²) in [4.78, 5) is 11.3. The molecule has 0 bridgehead atoms. The van der Waals surface area contributed by atoms with E-state index in [1.807, 2.05) is 0 Å². The summed E-state index contributed by atoms with van der Waals surface area (Å²) in [5, 5.41) is 2.34. The Hall–Kier alpha value is -1.63. The van der Waals surface area contributed by atoms with Crippen molar-refractivity contribution in [2.45, 2.75) is 19.4 Å². The molecule has 0 aliphatic carbocycles. The van der Waals surface area contributed by atoms with Crippen LogP contribution in [0.3, 0.4) is 0 Å². The number of hydrogen-bond donors (Lipinski definition) is 1. The molecule has 4 nitrogen and oxygen atoms in total. The van der Waals surface area contributed by atoms with Gasteiger partial charge in [0.1, 0.15) is 11.9 Å². The topological polar surface area (TPSA) is 47.6 Å². The maximum absolute atomic E-state index is 11.9. The third kappa shape index (κ3) is 6.19. The number of carbonyl (C=O) groups excluding carboxylic acids is 1. The lowest BCUT2D eigenvalue weighted by Crippen LogP contribution is -2.21. The number of amides is 1. The first-order valence-corrected chi connectivity index (χ1v) is 5.73. The standard InChI is InChI=1S/C11H11ClF3NO3/c1-7(6-12)18-10(17)16-8-2-4-9(5-3-8)19-11(13,14)15/h2-5,7H,6H2,1H3,(H,16,17). The second kappa shape index (κ2) is 6.51. The molecule has 1 aromatic carbocycles. The number of hydrogen-bond acceptors (Lipinski definition) is 3. The Labute approximate surface area is 112 Å². The summed E-state index contributed by atoms with van der Waals surface area (Å²) >= 11 is 5.45. The Balaban J connectivity index is 2.55. The number of benzene rings is 1. The third-order valence-corrected chi connectivity index (χ3v) is 2.29. The van der Waals surface area contributed by atoms with E-state index in [0.29, 0.717) is 0 Å². The number of anilines is 1. The fourth-order valence-corrected chi connectivity index (χ4v) is 1.16. The Morgan fingerprint density at radius 3 is 2.42 bits per heavy atom. The fraction of sp³-hybridized carbons (Fsp3) is 0.364. The molecule has 1 atom stereocenters. The van der Waals surface area contributed by atoms with Gasteiger partial charge in [0.05, 0.1) is 5.88 Å². The van der Waals surface area contributed by atoms with Crippen LogP contribution in [0.25, 0.3) is 0 Å². The molecule has 1 amide bonds. The van der Waals surface area contributed by atoms with Crippen molar-refractivity contribution in [2.75, 3.05) is 11.2 Å². The van der Waals surface area contributed by atoms with Gasteiger partial charge in [0.25, 0.3) is 0 Å². The highest BCUT2D eigenvalue weighted by molar-refractivity contribution is 6.18. The van der Waals surface area contributed by atoms with Crippen molar-refractivity contribution in [1.82, 2.24) is 0 Å². The predicted molar refractivity (Wildman–Crippen MR) is 63.4 cm³/mol. The molecule has 0 radical (unpaired) electrons. The molecule has 1 N–H and O–H groups in total. The van der Waals surface area contributed by atoms with E-state index in [-0.39, 0.29) is 17.3 Å². The number of carbonyl (C=O) groups is 1. The highest BCUT2D eigenvalue weighted by Crippen LogP contribution is 2.23. The van der Waals surface area contributed by atoms with Gasteiger partial charge in [0, 0.05) is 5.69 Å². The molecular weight excluding hydrogens is 287 g/mol. The zero-order valence-electron chi connectivity index (χ0n) is 9.83. The Morgan fingerprint density at radius 2 is 1.95 bits per heavy atom. The van der Waals surface area contributed by atoms with Gasteiger partial charge in [0.15, 0.2) is 0 Å². The van der Waals surface area contributed by atoms with E-state index in [4.69, 9.17) is 16.3 Å². The molecular formula is C11H11ClF3NO3. The molecule has 106 valence electrons. The molecule has 0 aromatic heterocycles. The first-order chi connectivity index (χ1) is 8.80. The molecule has 19 heavy (non-hydrogen) atoms. The van der Waals surface area contributed by atoms with Crippen molar-refractivity contribution < 1.29 is 27.4 Å². The summed E-state index contributed by atoms with van der Waals surface area (Å²) in [6, 6.07) is 4.67. The number of nitrogens with one attached hydrogen (secondary N) is 1. The van der Waals surface area contributed by atoms with Gasteiger partial charge in [-0.2, -0.15) is 0 Å². The highest BCUT2D eigenvalue weighted by atomic mass is 35.5. The summed E-state index contributed by atoms with van der Waals surface area (Å²) in [6.07, 6.45) is -5.95. The molecule has 0 saturated heterocycles. The maximum atomic E-state index is 11.9. The zero-order chi connectivity index (χ0) is 14.5. The van der Waals surface area contributed by atoms with Crippen LogP contribution in [-0.2, 0) is 4.74 Å². The second-order valence-corrected chi connectivity index (χ2v) is 3.88. The van der Waals surface area contributed by atoms with E-state index >= 15 is 0 Å². The van der Waals surface area contributed by atoms with E-state index < -0.39 is 18.6 Å². The van der Waals surface area contributed by atoms with Gasteiger partial charge >= 0.3 is 12.5 Å². The summed E-state index contributed by atoms with van der Waals surface area (Å²) < 4.78 is 44.2. The summed E-state index contributed by atoms with van der Waals surface area (Å²) in [5.41, 5.74) is 0.279. The van der Waals surface area contributed by atoms with Gasteiger partial charge in [0.2, 0.25) is 0 Å². The fourth-order valence-electron chi connectivity index (χ4n) is 1.10. The molecule has 1 rings (SSSR count). The van der Waals surface area contributed by atoms with E-state index in [1.54, 1.807) is 6.92 Å². The Bertz CT molecular complexity index is 422. The average molecular weight is 298 g/mol. The molecule has 0 fully saturated rings. The van der Waals surface area contributed by atoms with Crippen LogP contribution >= 0.6 is 11.6 Å². The molecule has 1 unspecified atom stereocenters. The van der Waals surface area contributed by atoms with Crippen LogP contribution in [0.2, 0.25) is 0 Å². The molecule has 0 saturated carbocycles. The SMILES string of the molecule is CC(CCl)OC(=O)Nc1ccc(OC(F)(F)F)cc1. The number of ether oxygens (including phenoxy) is 2. The minimum atomic E-state index is -4.75. The lowest BCUT2D eigenvalue weighted by atomic mass is 10.3. The predicted octanol–water partition coefficient (Wildman–Crippen LogP) is 3.76. The van der Waals surface area contributed by atoms with Crippen molar-refractivity contribution in [3.8, 4) is 5.75 Å². The van der Waals surface area contributed by atoms with Crippen molar-refractivity contribution in [3.63, 3.8) is 0 Å². The van der Waals surface area contributed by atoms with Crippen molar-refractivity contribution in [2.24, 2.45) is 0 Å². The van der Waals surface area contributed by atoms with Crippen LogP contribution in [0.1, 0.15) is 6.92 Å². The highest BCUT2D eigenvalue weighted by Gasteiger charge is 2.30. The van der Waals surface area contributed by atoms with Gasteiger partial charge in [-0.1, -0.05) is 0 Å². The number of alkyl halides is 4. The van der Waals surface area contributed by atoms with E-state index in [9.17, 15) is 18.0 Å². The van der Waals surface area contributed by atoms with Crippen LogP contribution in [0.5, 0.6) is 5.75 Å². The van der Waals surface area contributed by atoms with E-state index in [1.165, 1.54) is 12.1 Å². The quantitative estimate of drug-likeness (QED) is 0.861. The van der Waals surface area contributed by atoms with Crippen molar-refractivity contribution in [3.05, 3.63) is 24.3 Å². The van der Waals surface area contributed by atoms with Gasteiger partial charge in [-0.3, -0.25) is 5.32 Å². The summed E-state index contributed by atoms with van der Waals surface area (Å²) in [6.45, 7) is 1.60. The maximum Gasteiger partial charge on any atom is 0.573 e. The Kier molecular flexibility index (Phi) is 5.29. The normalized spacial score (nSPS) is 12.7. The van der Waals surface area contributed by atoms with Crippen molar-refractivity contribution >= 4 is 23.4 Å². The van der Waals surface area contributed by atoms with E-state index in [2.05, 4.69) is 10.1 Å². The molecule has 0 aliphatic heterocycles.